The van der Waals surface area contributed by atoms with E-state index in [1.807, 2.05) is 91.0 Å². The fourth-order valence-corrected chi connectivity index (χ4v) is 3.72. The number of aliphatic hydroxyl groups is 1. The van der Waals surface area contributed by atoms with Crippen LogP contribution in [0.2, 0.25) is 0 Å². The predicted molar refractivity (Wildman–Crippen MR) is 110 cm³/mol. The normalized spacial score (nSPS) is 19.2. The second-order valence-corrected chi connectivity index (χ2v) is 7.00. The maximum atomic E-state index is 11.8. The van der Waals surface area contributed by atoms with Crippen molar-refractivity contribution in [3.05, 3.63) is 120 Å². The summed E-state index contributed by atoms with van der Waals surface area (Å²) in [5.41, 5.74) is 1.95. The Morgan fingerprint density at radius 3 is 1.59 bits per heavy atom. The average Bonchev–Trinajstić information content (AvgIpc) is 3.03. The molecule has 4 heteroatoms. The SMILES string of the molecule is C=C1C(=O)O[C@H](COC(c2ccccc2)(c2ccccc2)c2ccccc2)[C@H]1O. The summed E-state index contributed by atoms with van der Waals surface area (Å²) in [6.45, 7) is 3.62. The number of aliphatic hydroxyl groups excluding tert-OH is 1. The van der Waals surface area contributed by atoms with E-state index in [1.54, 1.807) is 0 Å². The van der Waals surface area contributed by atoms with E-state index in [0.29, 0.717) is 0 Å². The number of carbonyl (C=O) groups excluding carboxylic acids is 1. The molecule has 0 radical (unpaired) electrons. The number of hydrogen-bond donors (Lipinski definition) is 1. The molecule has 4 rings (SSSR count). The van der Waals surface area contributed by atoms with Crippen LogP contribution in [0.25, 0.3) is 0 Å². The van der Waals surface area contributed by atoms with Crippen molar-refractivity contribution in [3.8, 4) is 0 Å². The molecule has 1 saturated heterocycles. The second-order valence-electron chi connectivity index (χ2n) is 7.00. The summed E-state index contributed by atoms with van der Waals surface area (Å²) in [6.07, 6.45) is -1.88. The lowest BCUT2D eigenvalue weighted by Gasteiger charge is -2.36. The molecule has 0 saturated carbocycles. The zero-order chi connectivity index (χ0) is 20.3. The van der Waals surface area contributed by atoms with Crippen molar-refractivity contribution in [2.24, 2.45) is 0 Å². The van der Waals surface area contributed by atoms with Crippen LogP contribution in [-0.2, 0) is 19.9 Å². The molecule has 146 valence electrons. The number of benzene rings is 3. The standard InChI is InChI=1S/C25H22O4/c1-18-23(26)22(29-24(18)27)17-28-25(19-11-5-2-6-12-19,20-13-7-3-8-14-20)21-15-9-4-10-16-21/h2-16,22-23,26H,1,17H2/t22-,23+/m1/s1. The van der Waals surface area contributed by atoms with Crippen LogP contribution in [0.1, 0.15) is 16.7 Å². The molecule has 1 fully saturated rings. The van der Waals surface area contributed by atoms with Gasteiger partial charge in [0.25, 0.3) is 0 Å². The van der Waals surface area contributed by atoms with Crippen molar-refractivity contribution in [2.75, 3.05) is 6.61 Å². The van der Waals surface area contributed by atoms with Crippen LogP contribution in [0.4, 0.5) is 0 Å². The quantitative estimate of drug-likeness (QED) is 0.397. The van der Waals surface area contributed by atoms with Gasteiger partial charge in [0.15, 0.2) is 6.10 Å². The molecule has 1 aliphatic rings. The molecule has 1 aliphatic heterocycles. The fourth-order valence-electron chi connectivity index (χ4n) is 3.72. The van der Waals surface area contributed by atoms with Gasteiger partial charge in [0.05, 0.1) is 12.2 Å². The van der Waals surface area contributed by atoms with Crippen molar-refractivity contribution >= 4 is 5.97 Å². The van der Waals surface area contributed by atoms with E-state index in [4.69, 9.17) is 9.47 Å². The average molecular weight is 386 g/mol. The molecule has 3 aromatic rings. The number of ether oxygens (including phenoxy) is 2. The van der Waals surface area contributed by atoms with E-state index in [-0.39, 0.29) is 12.2 Å². The minimum absolute atomic E-state index is 0.0185. The topological polar surface area (TPSA) is 55.8 Å². The molecule has 2 atom stereocenters. The summed E-state index contributed by atoms with van der Waals surface area (Å²) >= 11 is 0. The van der Waals surface area contributed by atoms with Crippen LogP contribution in [0.3, 0.4) is 0 Å². The summed E-state index contributed by atoms with van der Waals surface area (Å²) in [5.74, 6) is -0.587. The summed E-state index contributed by atoms with van der Waals surface area (Å²) < 4.78 is 11.8. The number of cyclic esters (lactones) is 1. The van der Waals surface area contributed by atoms with E-state index < -0.39 is 23.8 Å². The van der Waals surface area contributed by atoms with Crippen LogP contribution in [0, 0.1) is 0 Å². The Morgan fingerprint density at radius 2 is 1.24 bits per heavy atom. The largest absolute Gasteiger partial charge is 0.453 e. The summed E-state index contributed by atoms with van der Waals surface area (Å²) in [5, 5.41) is 10.3. The first-order valence-electron chi connectivity index (χ1n) is 9.51. The van der Waals surface area contributed by atoms with E-state index in [9.17, 15) is 9.90 Å². The Hall–Kier alpha value is -3.21. The van der Waals surface area contributed by atoms with E-state index in [2.05, 4.69) is 6.58 Å². The Bertz CT molecular complexity index is 886. The van der Waals surface area contributed by atoms with Gasteiger partial charge in [0.2, 0.25) is 0 Å². The summed E-state index contributed by atoms with van der Waals surface area (Å²) in [6, 6.07) is 29.7. The highest BCUT2D eigenvalue weighted by Gasteiger charge is 2.42. The molecule has 0 spiro atoms. The maximum Gasteiger partial charge on any atom is 0.336 e. The Kier molecular flexibility index (Phi) is 5.30. The van der Waals surface area contributed by atoms with Crippen molar-refractivity contribution in [3.63, 3.8) is 0 Å². The molecule has 0 aromatic heterocycles. The maximum absolute atomic E-state index is 11.8. The van der Waals surface area contributed by atoms with Gasteiger partial charge < -0.3 is 14.6 Å². The molecule has 0 unspecified atom stereocenters. The van der Waals surface area contributed by atoms with Gasteiger partial charge in [-0.15, -0.1) is 0 Å². The summed E-state index contributed by atoms with van der Waals surface area (Å²) in [4.78, 5) is 11.8. The highest BCUT2D eigenvalue weighted by Crippen LogP contribution is 2.41. The van der Waals surface area contributed by atoms with E-state index in [0.717, 1.165) is 16.7 Å². The van der Waals surface area contributed by atoms with E-state index >= 15 is 0 Å². The molecule has 3 aromatic carbocycles. The molecule has 1 heterocycles. The zero-order valence-corrected chi connectivity index (χ0v) is 15.9. The molecule has 4 nitrogen and oxygen atoms in total. The van der Waals surface area contributed by atoms with Gasteiger partial charge >= 0.3 is 5.97 Å². The molecular weight excluding hydrogens is 364 g/mol. The Balaban J connectivity index is 1.82. The van der Waals surface area contributed by atoms with Gasteiger partial charge in [-0.25, -0.2) is 4.79 Å². The van der Waals surface area contributed by atoms with Gasteiger partial charge in [0, 0.05) is 0 Å². The van der Waals surface area contributed by atoms with Gasteiger partial charge in [-0.05, 0) is 16.7 Å². The number of carbonyl (C=O) groups is 1. The number of esters is 1. The van der Waals surface area contributed by atoms with Gasteiger partial charge in [-0.1, -0.05) is 97.6 Å². The lowest BCUT2D eigenvalue weighted by atomic mass is 9.80. The number of hydrogen-bond acceptors (Lipinski definition) is 4. The molecule has 0 amide bonds. The van der Waals surface area contributed by atoms with Gasteiger partial charge in [0.1, 0.15) is 11.7 Å². The summed E-state index contributed by atoms with van der Waals surface area (Å²) in [7, 11) is 0. The number of rotatable bonds is 6. The zero-order valence-electron chi connectivity index (χ0n) is 15.9. The molecule has 0 aliphatic carbocycles. The third-order valence-electron chi connectivity index (χ3n) is 5.23. The van der Waals surface area contributed by atoms with E-state index in [1.165, 1.54) is 0 Å². The lowest BCUT2D eigenvalue weighted by Crippen LogP contribution is -2.38. The molecular formula is C25H22O4. The first-order chi connectivity index (χ1) is 14.1. The highest BCUT2D eigenvalue weighted by atomic mass is 16.6. The molecule has 0 bridgehead atoms. The van der Waals surface area contributed by atoms with Gasteiger partial charge in [-0.2, -0.15) is 0 Å². The molecule has 29 heavy (non-hydrogen) atoms. The minimum atomic E-state index is -1.08. The predicted octanol–water partition coefficient (Wildman–Crippen LogP) is 3.84. The third kappa shape index (κ3) is 3.48. The highest BCUT2D eigenvalue weighted by molar-refractivity contribution is 5.91. The minimum Gasteiger partial charge on any atom is -0.453 e. The van der Waals surface area contributed by atoms with Crippen LogP contribution in [0.5, 0.6) is 0 Å². The first kappa shape index (κ1) is 19.1. The van der Waals surface area contributed by atoms with Crippen molar-refractivity contribution in [1.82, 2.24) is 0 Å². The van der Waals surface area contributed by atoms with Crippen LogP contribution >= 0.6 is 0 Å². The van der Waals surface area contributed by atoms with Crippen LogP contribution < -0.4 is 0 Å². The van der Waals surface area contributed by atoms with Crippen molar-refractivity contribution in [2.45, 2.75) is 17.8 Å². The van der Waals surface area contributed by atoms with Crippen LogP contribution in [0.15, 0.2) is 103 Å². The smallest absolute Gasteiger partial charge is 0.336 e. The van der Waals surface area contributed by atoms with Crippen molar-refractivity contribution < 1.29 is 19.4 Å². The Morgan fingerprint density at radius 1 is 0.828 bits per heavy atom. The first-order valence-corrected chi connectivity index (χ1v) is 9.51. The fraction of sp³-hybridized carbons (Fsp3) is 0.160. The third-order valence-corrected chi connectivity index (χ3v) is 5.23. The lowest BCUT2D eigenvalue weighted by molar-refractivity contribution is -0.145. The van der Waals surface area contributed by atoms with Crippen LogP contribution in [-0.4, -0.2) is 29.9 Å². The van der Waals surface area contributed by atoms with Crippen molar-refractivity contribution in [1.29, 1.82) is 0 Å². The van der Waals surface area contributed by atoms with Gasteiger partial charge in [-0.3, -0.25) is 0 Å². The monoisotopic (exact) mass is 386 g/mol. The second kappa shape index (κ2) is 8.03. The molecule has 1 N–H and O–H groups in total. The Labute approximate surface area is 170 Å².